The number of benzene rings is 3. The zero-order valence-electron chi connectivity index (χ0n) is 23.4. The number of fused-ring (bicyclic) bond motifs is 1. The number of ether oxygens (including phenoxy) is 2. The first-order chi connectivity index (χ1) is 20.2. The number of carbonyl (C=O) groups is 1. The van der Waals surface area contributed by atoms with Gasteiger partial charge in [-0.1, -0.05) is 37.3 Å². The van der Waals surface area contributed by atoms with Crippen LogP contribution in [0.15, 0.2) is 66.7 Å². The Bertz CT molecular complexity index is 1390. The molecule has 3 aromatic carbocycles. The van der Waals surface area contributed by atoms with Crippen molar-refractivity contribution in [3.8, 4) is 23.0 Å². The number of alkyl halides is 5. The Labute approximate surface area is 245 Å². The van der Waals surface area contributed by atoms with Crippen molar-refractivity contribution < 1.29 is 51.5 Å². The van der Waals surface area contributed by atoms with Crippen LogP contribution >= 0.6 is 0 Å². The quantitative estimate of drug-likeness (QED) is 0.143. The highest BCUT2D eigenvalue weighted by Gasteiger charge is 2.56. The van der Waals surface area contributed by atoms with Gasteiger partial charge in [0.2, 0.25) is 0 Å². The molecular formula is C32H33F5O6. The predicted molar refractivity (Wildman–Crippen MR) is 148 cm³/mol. The van der Waals surface area contributed by atoms with E-state index in [0.29, 0.717) is 18.1 Å². The summed E-state index contributed by atoms with van der Waals surface area (Å²) in [5.41, 5.74) is 2.24. The van der Waals surface area contributed by atoms with Crippen LogP contribution in [0, 0.1) is 5.92 Å². The highest BCUT2D eigenvalue weighted by molar-refractivity contribution is 5.69. The fraction of sp³-hybridized carbons (Fsp3) is 0.406. The van der Waals surface area contributed by atoms with Crippen molar-refractivity contribution in [1.29, 1.82) is 0 Å². The third kappa shape index (κ3) is 7.32. The van der Waals surface area contributed by atoms with Crippen LogP contribution in [0.5, 0.6) is 23.0 Å². The van der Waals surface area contributed by atoms with E-state index in [-0.39, 0.29) is 43.3 Å². The van der Waals surface area contributed by atoms with Gasteiger partial charge in [-0.15, -0.1) is 0 Å². The molecule has 0 spiro atoms. The second-order valence-corrected chi connectivity index (χ2v) is 11.1. The van der Waals surface area contributed by atoms with Crippen molar-refractivity contribution in [3.63, 3.8) is 0 Å². The van der Waals surface area contributed by atoms with Gasteiger partial charge in [0.15, 0.2) is 0 Å². The highest BCUT2D eigenvalue weighted by atomic mass is 19.4. The maximum atomic E-state index is 13.1. The van der Waals surface area contributed by atoms with E-state index in [1.807, 2.05) is 30.3 Å². The fourth-order valence-corrected chi connectivity index (χ4v) is 5.56. The molecule has 0 amide bonds. The van der Waals surface area contributed by atoms with Gasteiger partial charge in [0, 0.05) is 29.4 Å². The maximum Gasteiger partial charge on any atom is 0.453 e. The van der Waals surface area contributed by atoms with Crippen LogP contribution in [-0.2, 0) is 10.2 Å². The molecule has 3 unspecified atom stereocenters. The molecule has 3 aromatic rings. The highest BCUT2D eigenvalue weighted by Crippen LogP contribution is 2.51. The fourth-order valence-electron chi connectivity index (χ4n) is 5.56. The topological polar surface area (TPSA) is 96.2 Å². The zero-order valence-corrected chi connectivity index (χ0v) is 23.4. The third-order valence-corrected chi connectivity index (χ3v) is 7.99. The Morgan fingerprint density at radius 3 is 2.21 bits per heavy atom. The number of aliphatic carboxylic acids is 1. The van der Waals surface area contributed by atoms with Crippen molar-refractivity contribution in [2.45, 2.75) is 62.5 Å². The van der Waals surface area contributed by atoms with Crippen LogP contribution < -0.4 is 9.47 Å². The molecule has 0 aliphatic carbocycles. The Balaban J connectivity index is 1.41. The molecule has 4 rings (SSSR count). The third-order valence-electron chi connectivity index (χ3n) is 7.99. The van der Waals surface area contributed by atoms with Crippen molar-refractivity contribution >= 4 is 5.97 Å². The van der Waals surface area contributed by atoms with Crippen LogP contribution in [0.4, 0.5) is 22.0 Å². The van der Waals surface area contributed by atoms with Gasteiger partial charge in [-0.05, 0) is 67.1 Å². The van der Waals surface area contributed by atoms with Gasteiger partial charge in [0.05, 0.1) is 19.1 Å². The average Bonchev–Trinajstić information content (AvgIpc) is 2.94. The number of carboxylic acids is 1. The minimum atomic E-state index is -5.66. The first-order valence-electron chi connectivity index (χ1n) is 13.9. The number of halogens is 5. The lowest BCUT2D eigenvalue weighted by molar-refractivity contribution is -0.284. The molecule has 0 bridgehead atoms. The SMILES string of the molecule is CC1(c2ccc(O)cc2)COc2cc(O)ccc2C1c1ccc(OCCCC(CCCC(F)(F)C(F)(F)F)C(=O)O)cc1. The molecule has 3 N–H and O–H groups in total. The van der Waals surface area contributed by atoms with Gasteiger partial charge in [-0.2, -0.15) is 22.0 Å². The largest absolute Gasteiger partial charge is 0.508 e. The second kappa shape index (κ2) is 12.7. The Morgan fingerprint density at radius 2 is 1.58 bits per heavy atom. The van der Waals surface area contributed by atoms with Crippen LogP contribution in [-0.4, -0.2) is 46.6 Å². The van der Waals surface area contributed by atoms with E-state index < -0.39 is 42.2 Å². The van der Waals surface area contributed by atoms with E-state index in [1.165, 1.54) is 0 Å². The van der Waals surface area contributed by atoms with E-state index in [1.54, 1.807) is 36.4 Å². The molecule has 1 heterocycles. The Kier molecular flexibility index (Phi) is 9.41. The number of carboxylic acid groups (broad SMARTS) is 1. The molecule has 0 aromatic heterocycles. The average molecular weight is 609 g/mol. The number of hydrogen-bond donors (Lipinski definition) is 3. The summed E-state index contributed by atoms with van der Waals surface area (Å²) in [6.07, 6.45) is -7.63. The number of phenols is 2. The summed E-state index contributed by atoms with van der Waals surface area (Å²) in [5, 5.41) is 29.2. The van der Waals surface area contributed by atoms with Gasteiger partial charge in [-0.3, -0.25) is 4.79 Å². The smallest absolute Gasteiger partial charge is 0.453 e. The number of aromatic hydroxyl groups is 2. The summed E-state index contributed by atoms with van der Waals surface area (Å²) >= 11 is 0. The lowest BCUT2D eigenvalue weighted by Crippen LogP contribution is -2.40. The lowest BCUT2D eigenvalue weighted by atomic mass is 9.65. The van der Waals surface area contributed by atoms with Crippen molar-refractivity contribution in [2.75, 3.05) is 13.2 Å². The van der Waals surface area contributed by atoms with Crippen molar-refractivity contribution in [1.82, 2.24) is 0 Å². The molecule has 232 valence electrons. The number of phenolic OH excluding ortho intramolecular Hbond substituents is 2. The van der Waals surface area contributed by atoms with Crippen LogP contribution in [0.3, 0.4) is 0 Å². The maximum absolute atomic E-state index is 13.1. The normalized spacial score (nSPS) is 19.3. The molecule has 0 radical (unpaired) electrons. The molecule has 11 heteroatoms. The van der Waals surface area contributed by atoms with E-state index in [4.69, 9.17) is 9.47 Å². The zero-order chi connectivity index (χ0) is 31.4. The van der Waals surface area contributed by atoms with Crippen LogP contribution in [0.25, 0.3) is 0 Å². The molecule has 0 saturated heterocycles. The summed E-state index contributed by atoms with van der Waals surface area (Å²) in [6.45, 7) is 2.51. The van der Waals surface area contributed by atoms with Gasteiger partial charge >= 0.3 is 18.1 Å². The summed E-state index contributed by atoms with van der Waals surface area (Å²) < 4.78 is 75.2. The minimum absolute atomic E-state index is 0.0711. The summed E-state index contributed by atoms with van der Waals surface area (Å²) in [5.74, 6) is -6.02. The Morgan fingerprint density at radius 1 is 0.953 bits per heavy atom. The first kappa shape index (κ1) is 31.9. The molecule has 0 saturated carbocycles. The summed E-state index contributed by atoms with van der Waals surface area (Å²) in [4.78, 5) is 11.5. The van der Waals surface area contributed by atoms with Crippen LogP contribution in [0.1, 0.15) is 61.6 Å². The summed E-state index contributed by atoms with van der Waals surface area (Å²) in [7, 11) is 0. The lowest BCUT2D eigenvalue weighted by Gasteiger charge is -2.43. The van der Waals surface area contributed by atoms with Gasteiger partial charge < -0.3 is 24.8 Å². The monoisotopic (exact) mass is 608 g/mol. The van der Waals surface area contributed by atoms with Gasteiger partial charge in [0.25, 0.3) is 0 Å². The van der Waals surface area contributed by atoms with E-state index in [2.05, 4.69) is 6.92 Å². The minimum Gasteiger partial charge on any atom is -0.508 e. The first-order valence-corrected chi connectivity index (χ1v) is 13.9. The standard InChI is InChI=1S/C32H33F5O6/c1-30(22-8-10-23(38)11-9-22)19-43-27-18-24(39)12-15-26(27)28(30)20-6-13-25(14-7-20)42-17-3-5-21(29(40)41)4-2-16-31(33,34)32(35,36)37/h6-15,18,21,28,38-39H,2-5,16-17,19H2,1H3,(H,40,41). The summed E-state index contributed by atoms with van der Waals surface area (Å²) in [6, 6.07) is 19.3. The predicted octanol–water partition coefficient (Wildman–Crippen LogP) is 7.81. The number of rotatable bonds is 12. The molecule has 43 heavy (non-hydrogen) atoms. The second-order valence-electron chi connectivity index (χ2n) is 11.1. The van der Waals surface area contributed by atoms with E-state index in [0.717, 1.165) is 16.7 Å². The molecule has 6 nitrogen and oxygen atoms in total. The molecule has 3 atom stereocenters. The van der Waals surface area contributed by atoms with E-state index in [9.17, 15) is 42.1 Å². The molecule has 1 aliphatic heterocycles. The molecular weight excluding hydrogens is 575 g/mol. The van der Waals surface area contributed by atoms with Gasteiger partial charge in [-0.25, -0.2) is 0 Å². The van der Waals surface area contributed by atoms with Crippen LogP contribution in [0.2, 0.25) is 0 Å². The van der Waals surface area contributed by atoms with Crippen molar-refractivity contribution in [3.05, 3.63) is 83.4 Å². The van der Waals surface area contributed by atoms with E-state index >= 15 is 0 Å². The molecule has 0 fully saturated rings. The van der Waals surface area contributed by atoms with Crippen molar-refractivity contribution in [2.24, 2.45) is 5.92 Å². The molecule has 1 aliphatic rings. The Hall–Kier alpha value is -4.02. The van der Waals surface area contributed by atoms with Gasteiger partial charge in [0.1, 0.15) is 23.0 Å². The number of hydrogen-bond acceptors (Lipinski definition) is 5.